The Bertz CT molecular complexity index is 699. The molecule has 1 heterocycles. The predicted octanol–water partition coefficient (Wildman–Crippen LogP) is 1.59. The van der Waals surface area contributed by atoms with E-state index in [9.17, 15) is 4.79 Å². The highest BCUT2D eigenvalue weighted by molar-refractivity contribution is 5.79. The third-order valence-corrected chi connectivity index (χ3v) is 4.45. The minimum Gasteiger partial charge on any atom is -0.492 e. The lowest BCUT2D eigenvalue weighted by molar-refractivity contribution is 0.0322. The van der Waals surface area contributed by atoms with E-state index in [0.717, 1.165) is 44.2 Å². The molecule has 0 aliphatic carbocycles. The van der Waals surface area contributed by atoms with Crippen LogP contribution in [0.15, 0.2) is 29.3 Å². The Labute approximate surface area is 185 Å². The van der Waals surface area contributed by atoms with Crippen molar-refractivity contribution in [2.24, 2.45) is 4.99 Å². The lowest BCUT2D eigenvalue weighted by atomic mass is 10.2. The van der Waals surface area contributed by atoms with Gasteiger partial charge < -0.3 is 30.2 Å². The van der Waals surface area contributed by atoms with Crippen molar-refractivity contribution in [2.75, 3.05) is 59.6 Å². The standard InChI is InChI=1S/C22H37N5O4/c1-22(2,3)31-21(28)25-9-8-24-20(23-4)26-17-18-6-5-7-19(16-18)30-15-12-27-10-13-29-14-11-27/h5-7,16H,8-15,17H2,1-4H3,(H,25,28)(H2,23,24,26). The van der Waals surface area contributed by atoms with E-state index >= 15 is 0 Å². The van der Waals surface area contributed by atoms with Gasteiger partial charge in [-0.3, -0.25) is 9.89 Å². The second-order valence-electron chi connectivity index (χ2n) is 8.23. The molecule has 0 saturated carbocycles. The van der Waals surface area contributed by atoms with Crippen LogP contribution in [-0.4, -0.2) is 82.1 Å². The molecule has 1 saturated heterocycles. The van der Waals surface area contributed by atoms with Gasteiger partial charge in [0.05, 0.1) is 13.2 Å². The molecule has 1 aromatic rings. The van der Waals surface area contributed by atoms with Gasteiger partial charge in [0, 0.05) is 46.3 Å². The number of nitrogens with zero attached hydrogens (tertiary/aromatic N) is 2. The highest BCUT2D eigenvalue weighted by Gasteiger charge is 2.15. The molecule has 1 fully saturated rings. The van der Waals surface area contributed by atoms with Crippen molar-refractivity contribution in [3.63, 3.8) is 0 Å². The molecule has 0 radical (unpaired) electrons. The van der Waals surface area contributed by atoms with Crippen LogP contribution in [0.25, 0.3) is 0 Å². The summed E-state index contributed by atoms with van der Waals surface area (Å²) in [7, 11) is 1.71. The summed E-state index contributed by atoms with van der Waals surface area (Å²) in [5, 5.41) is 9.14. The summed E-state index contributed by atoms with van der Waals surface area (Å²) >= 11 is 0. The highest BCUT2D eigenvalue weighted by Crippen LogP contribution is 2.13. The number of guanidine groups is 1. The quantitative estimate of drug-likeness (QED) is 0.308. The molecular formula is C22H37N5O4. The van der Waals surface area contributed by atoms with Crippen molar-refractivity contribution in [1.29, 1.82) is 0 Å². The van der Waals surface area contributed by atoms with Crippen LogP contribution < -0.4 is 20.7 Å². The number of ether oxygens (including phenoxy) is 3. The minimum absolute atomic E-state index is 0.428. The molecule has 2 rings (SSSR count). The Morgan fingerprint density at radius 1 is 1.16 bits per heavy atom. The zero-order chi connectivity index (χ0) is 22.5. The third-order valence-electron chi connectivity index (χ3n) is 4.45. The number of amides is 1. The summed E-state index contributed by atoms with van der Waals surface area (Å²) in [5.41, 5.74) is 0.592. The van der Waals surface area contributed by atoms with E-state index in [4.69, 9.17) is 14.2 Å². The number of morpholine rings is 1. The van der Waals surface area contributed by atoms with Gasteiger partial charge in [0.15, 0.2) is 5.96 Å². The van der Waals surface area contributed by atoms with Gasteiger partial charge >= 0.3 is 6.09 Å². The Hall–Kier alpha value is -2.52. The molecule has 174 valence electrons. The molecule has 1 aliphatic heterocycles. The highest BCUT2D eigenvalue weighted by atomic mass is 16.6. The summed E-state index contributed by atoms with van der Waals surface area (Å²) in [4.78, 5) is 18.2. The van der Waals surface area contributed by atoms with Crippen molar-refractivity contribution in [3.05, 3.63) is 29.8 Å². The first-order chi connectivity index (χ1) is 14.9. The lowest BCUT2D eigenvalue weighted by Crippen LogP contribution is -2.42. The van der Waals surface area contributed by atoms with Crippen LogP contribution in [0.1, 0.15) is 26.3 Å². The summed E-state index contributed by atoms with van der Waals surface area (Å²) in [6, 6.07) is 8.03. The van der Waals surface area contributed by atoms with Gasteiger partial charge in [-0.1, -0.05) is 12.1 Å². The van der Waals surface area contributed by atoms with Gasteiger partial charge in [-0.15, -0.1) is 0 Å². The van der Waals surface area contributed by atoms with E-state index in [0.29, 0.717) is 32.2 Å². The largest absolute Gasteiger partial charge is 0.492 e. The van der Waals surface area contributed by atoms with Gasteiger partial charge in [-0.25, -0.2) is 4.79 Å². The van der Waals surface area contributed by atoms with Crippen LogP contribution in [0.2, 0.25) is 0 Å². The summed E-state index contributed by atoms with van der Waals surface area (Å²) < 4.78 is 16.5. The molecule has 0 unspecified atom stereocenters. The van der Waals surface area contributed by atoms with E-state index in [-0.39, 0.29) is 0 Å². The van der Waals surface area contributed by atoms with Crippen molar-refractivity contribution < 1.29 is 19.0 Å². The van der Waals surface area contributed by atoms with Crippen LogP contribution in [0.4, 0.5) is 4.79 Å². The Balaban J connectivity index is 1.66. The molecule has 9 heteroatoms. The first kappa shape index (κ1) is 24.7. The smallest absolute Gasteiger partial charge is 0.407 e. The van der Waals surface area contributed by atoms with Crippen LogP contribution >= 0.6 is 0 Å². The fourth-order valence-electron chi connectivity index (χ4n) is 2.93. The summed E-state index contributed by atoms with van der Waals surface area (Å²) in [6.07, 6.45) is -0.428. The molecular weight excluding hydrogens is 398 g/mol. The number of nitrogens with one attached hydrogen (secondary N) is 3. The zero-order valence-corrected chi connectivity index (χ0v) is 19.2. The van der Waals surface area contributed by atoms with Crippen molar-refractivity contribution in [3.8, 4) is 5.75 Å². The average Bonchev–Trinajstić information content (AvgIpc) is 2.73. The van der Waals surface area contributed by atoms with Crippen LogP contribution in [0.3, 0.4) is 0 Å². The van der Waals surface area contributed by atoms with Crippen LogP contribution in [0.5, 0.6) is 5.75 Å². The van der Waals surface area contributed by atoms with Crippen LogP contribution in [-0.2, 0) is 16.0 Å². The second-order valence-corrected chi connectivity index (χ2v) is 8.23. The predicted molar refractivity (Wildman–Crippen MR) is 122 cm³/mol. The van der Waals surface area contributed by atoms with Gasteiger partial charge in [0.25, 0.3) is 0 Å². The number of alkyl carbamates (subject to hydrolysis) is 1. The summed E-state index contributed by atoms with van der Waals surface area (Å²) in [5.74, 6) is 1.52. The van der Waals surface area contributed by atoms with E-state index in [1.54, 1.807) is 7.05 Å². The number of rotatable bonds is 9. The first-order valence-corrected chi connectivity index (χ1v) is 10.8. The molecule has 0 spiro atoms. The molecule has 0 bridgehead atoms. The first-order valence-electron chi connectivity index (χ1n) is 10.8. The fraction of sp³-hybridized carbons (Fsp3) is 0.636. The second kappa shape index (κ2) is 13.0. The molecule has 31 heavy (non-hydrogen) atoms. The molecule has 1 aliphatic rings. The maximum absolute atomic E-state index is 11.7. The molecule has 3 N–H and O–H groups in total. The molecule has 0 atom stereocenters. The average molecular weight is 436 g/mol. The van der Waals surface area contributed by atoms with E-state index < -0.39 is 11.7 Å². The topological polar surface area (TPSA) is 96.5 Å². The van der Waals surface area contributed by atoms with E-state index in [2.05, 4.69) is 25.8 Å². The van der Waals surface area contributed by atoms with Crippen LogP contribution in [0, 0.1) is 0 Å². The number of hydrogen-bond donors (Lipinski definition) is 3. The number of carbonyl (C=O) groups is 1. The van der Waals surface area contributed by atoms with Gasteiger partial charge in [0.2, 0.25) is 0 Å². The van der Waals surface area contributed by atoms with Crippen molar-refractivity contribution >= 4 is 12.1 Å². The van der Waals surface area contributed by atoms with Gasteiger partial charge in [-0.2, -0.15) is 0 Å². The zero-order valence-electron chi connectivity index (χ0n) is 19.2. The van der Waals surface area contributed by atoms with Gasteiger partial charge in [0.1, 0.15) is 18.0 Å². The number of benzene rings is 1. The summed E-state index contributed by atoms with van der Waals surface area (Å²) in [6.45, 7) is 12.2. The van der Waals surface area contributed by atoms with Crippen molar-refractivity contribution in [2.45, 2.75) is 32.9 Å². The Morgan fingerprint density at radius 3 is 2.61 bits per heavy atom. The normalized spacial score (nSPS) is 15.3. The Morgan fingerprint density at radius 2 is 1.90 bits per heavy atom. The third kappa shape index (κ3) is 10.9. The number of aliphatic imine (C=N–C) groups is 1. The minimum atomic E-state index is -0.504. The SMILES string of the molecule is CN=C(NCCNC(=O)OC(C)(C)C)NCc1cccc(OCCN2CCOCC2)c1. The molecule has 0 aromatic heterocycles. The number of hydrogen-bond acceptors (Lipinski definition) is 6. The maximum atomic E-state index is 11.7. The van der Waals surface area contributed by atoms with E-state index in [1.807, 2.05) is 45.0 Å². The fourth-order valence-corrected chi connectivity index (χ4v) is 2.93. The Kier molecular flexibility index (Phi) is 10.4. The lowest BCUT2D eigenvalue weighted by Gasteiger charge is -2.26. The van der Waals surface area contributed by atoms with Gasteiger partial charge in [-0.05, 0) is 38.5 Å². The molecule has 1 aromatic carbocycles. The number of carbonyl (C=O) groups excluding carboxylic acids is 1. The monoisotopic (exact) mass is 435 g/mol. The van der Waals surface area contributed by atoms with Crippen molar-refractivity contribution in [1.82, 2.24) is 20.9 Å². The molecule has 1 amide bonds. The molecule has 9 nitrogen and oxygen atoms in total. The maximum Gasteiger partial charge on any atom is 0.407 e. The van der Waals surface area contributed by atoms with E-state index in [1.165, 1.54) is 0 Å².